The van der Waals surface area contributed by atoms with E-state index in [2.05, 4.69) is 22.1 Å². The summed E-state index contributed by atoms with van der Waals surface area (Å²) in [7, 11) is 1.66. The van der Waals surface area contributed by atoms with Crippen LogP contribution in [0.5, 0.6) is 0 Å². The summed E-state index contributed by atoms with van der Waals surface area (Å²) >= 11 is 0. The highest BCUT2D eigenvalue weighted by molar-refractivity contribution is 6.00. The summed E-state index contributed by atoms with van der Waals surface area (Å²) < 4.78 is 14.3. The first-order valence-electron chi connectivity index (χ1n) is 12.9. The van der Waals surface area contributed by atoms with Crippen LogP contribution in [0.15, 0.2) is 23.0 Å². The number of morpholine rings is 1. The van der Waals surface area contributed by atoms with Gasteiger partial charge in [0, 0.05) is 26.6 Å². The Kier molecular flexibility index (Phi) is 6.79. The minimum absolute atomic E-state index is 0.106. The molecule has 0 saturated carbocycles. The number of imide groups is 1. The smallest absolute Gasteiger partial charge is 0.411 e. The van der Waals surface area contributed by atoms with Crippen LogP contribution >= 0.6 is 0 Å². The largest absolute Gasteiger partial charge is 0.444 e. The van der Waals surface area contributed by atoms with Crippen LogP contribution in [0.3, 0.4) is 0 Å². The Morgan fingerprint density at radius 2 is 1.87 bits per heavy atom. The van der Waals surface area contributed by atoms with Gasteiger partial charge in [0.15, 0.2) is 0 Å². The Labute approximate surface area is 220 Å². The van der Waals surface area contributed by atoms with E-state index >= 15 is 0 Å². The predicted molar refractivity (Wildman–Crippen MR) is 138 cm³/mol. The molecular weight excluding hydrogens is 490 g/mol. The maximum absolute atomic E-state index is 13.1. The number of rotatable bonds is 2. The van der Waals surface area contributed by atoms with E-state index in [-0.39, 0.29) is 42.6 Å². The molecule has 5 rings (SSSR count). The third-order valence-electron chi connectivity index (χ3n) is 7.10. The fourth-order valence-corrected chi connectivity index (χ4v) is 5.51. The lowest BCUT2D eigenvalue weighted by molar-refractivity contribution is -0.135. The number of carbonyl (C=O) groups is 3. The van der Waals surface area contributed by atoms with Gasteiger partial charge in [-0.2, -0.15) is 0 Å². The predicted octanol–water partition coefficient (Wildman–Crippen LogP) is 0.989. The molecule has 0 aliphatic carbocycles. The number of benzene rings is 1. The average molecular weight is 524 g/mol. The maximum Gasteiger partial charge on any atom is 0.411 e. The highest BCUT2D eigenvalue weighted by Crippen LogP contribution is 2.26. The average Bonchev–Trinajstić information content (AvgIpc) is 3.08. The lowest BCUT2D eigenvalue weighted by atomic mass is 10.0. The molecule has 11 heteroatoms. The molecule has 3 saturated heterocycles. The minimum Gasteiger partial charge on any atom is -0.444 e. The summed E-state index contributed by atoms with van der Waals surface area (Å²) in [6, 6.07) is 4.51. The molecule has 3 fully saturated rings. The molecule has 1 N–H and O–H groups in total. The Morgan fingerprint density at radius 3 is 2.53 bits per heavy atom. The van der Waals surface area contributed by atoms with Crippen molar-refractivity contribution >= 4 is 28.9 Å². The van der Waals surface area contributed by atoms with E-state index in [0.29, 0.717) is 49.4 Å². The number of fused-ring (bicyclic) bond motifs is 3. The number of carbonyl (C=O) groups excluding carboxylic acids is 3. The molecule has 2 aromatic rings. The van der Waals surface area contributed by atoms with Crippen molar-refractivity contribution in [2.45, 2.75) is 57.3 Å². The first kappa shape index (κ1) is 26.0. The van der Waals surface area contributed by atoms with Crippen LogP contribution in [0, 0.1) is 11.8 Å². The second-order valence-electron chi connectivity index (χ2n) is 11.1. The number of nitrogens with one attached hydrogen (secondary N) is 1. The van der Waals surface area contributed by atoms with Crippen LogP contribution in [0.1, 0.15) is 45.2 Å². The van der Waals surface area contributed by atoms with Gasteiger partial charge in [0.1, 0.15) is 11.6 Å². The summed E-state index contributed by atoms with van der Waals surface area (Å²) in [6.45, 7) is 8.23. The van der Waals surface area contributed by atoms with Gasteiger partial charge in [0.05, 0.1) is 48.4 Å². The molecule has 0 radical (unpaired) electrons. The normalized spacial score (nSPS) is 24.1. The summed E-state index contributed by atoms with van der Waals surface area (Å²) in [5.74, 6) is 5.66. The molecule has 38 heavy (non-hydrogen) atoms. The minimum atomic E-state index is -0.741. The van der Waals surface area contributed by atoms with Crippen molar-refractivity contribution in [3.63, 3.8) is 0 Å². The molecule has 1 aromatic carbocycles. The van der Waals surface area contributed by atoms with E-state index in [4.69, 9.17) is 9.47 Å². The van der Waals surface area contributed by atoms with E-state index in [1.807, 2.05) is 37.8 Å². The number of aryl methyl sites for hydroxylation is 1. The van der Waals surface area contributed by atoms with Crippen LogP contribution in [0.4, 0.5) is 4.79 Å². The van der Waals surface area contributed by atoms with Gasteiger partial charge in [-0.1, -0.05) is 17.9 Å². The van der Waals surface area contributed by atoms with Crippen molar-refractivity contribution in [2.75, 3.05) is 32.8 Å². The van der Waals surface area contributed by atoms with Gasteiger partial charge in [0.2, 0.25) is 11.8 Å². The van der Waals surface area contributed by atoms with Gasteiger partial charge >= 0.3 is 11.8 Å². The molecule has 0 spiro atoms. The quantitative estimate of drug-likeness (QED) is 0.461. The monoisotopic (exact) mass is 523 g/mol. The molecule has 11 nitrogen and oxygen atoms in total. The Bertz CT molecular complexity index is 1390. The summed E-state index contributed by atoms with van der Waals surface area (Å²) in [5, 5.41) is 2.33. The maximum atomic E-state index is 13.1. The van der Waals surface area contributed by atoms with E-state index in [1.165, 1.54) is 9.13 Å². The fraction of sp³-hybridized carbons (Fsp3) is 0.556. The van der Waals surface area contributed by atoms with Gasteiger partial charge in [-0.3, -0.25) is 33.8 Å². The highest BCUT2D eigenvalue weighted by atomic mass is 16.6. The third-order valence-corrected chi connectivity index (χ3v) is 7.10. The van der Waals surface area contributed by atoms with E-state index in [9.17, 15) is 19.2 Å². The topological polar surface area (TPSA) is 115 Å². The van der Waals surface area contributed by atoms with Gasteiger partial charge < -0.3 is 9.47 Å². The van der Waals surface area contributed by atoms with Crippen LogP contribution in [0.25, 0.3) is 11.0 Å². The number of nitrogens with zero attached hydrogens (tertiary/aromatic N) is 4. The lowest BCUT2D eigenvalue weighted by Gasteiger charge is -2.49. The van der Waals surface area contributed by atoms with Crippen molar-refractivity contribution in [1.29, 1.82) is 0 Å². The lowest BCUT2D eigenvalue weighted by Crippen LogP contribution is -2.66. The molecule has 3 unspecified atom stereocenters. The van der Waals surface area contributed by atoms with Crippen LogP contribution in [-0.4, -0.2) is 87.4 Å². The first-order valence-corrected chi connectivity index (χ1v) is 12.9. The highest BCUT2D eigenvalue weighted by Gasteiger charge is 2.42. The molecule has 3 amide bonds. The van der Waals surface area contributed by atoms with Crippen molar-refractivity contribution in [3.8, 4) is 11.8 Å². The van der Waals surface area contributed by atoms with E-state index < -0.39 is 17.6 Å². The number of ether oxygens (including phenoxy) is 2. The zero-order chi connectivity index (χ0) is 27.2. The van der Waals surface area contributed by atoms with Crippen molar-refractivity contribution in [3.05, 3.63) is 34.2 Å². The van der Waals surface area contributed by atoms with Crippen LogP contribution < -0.4 is 11.0 Å². The Morgan fingerprint density at radius 1 is 1.16 bits per heavy atom. The van der Waals surface area contributed by atoms with Gasteiger partial charge in [-0.05, 0) is 39.3 Å². The number of piperazine rings is 1. The van der Waals surface area contributed by atoms with Crippen molar-refractivity contribution in [1.82, 2.24) is 24.3 Å². The number of hydrogen-bond donors (Lipinski definition) is 1. The third kappa shape index (κ3) is 4.93. The Balaban J connectivity index is 1.35. The van der Waals surface area contributed by atoms with E-state index in [1.54, 1.807) is 13.1 Å². The number of amides is 3. The molecule has 4 heterocycles. The molecule has 3 aliphatic rings. The van der Waals surface area contributed by atoms with Gasteiger partial charge in [-0.15, -0.1) is 0 Å². The molecule has 3 aliphatic heterocycles. The summed E-state index contributed by atoms with van der Waals surface area (Å²) in [6.07, 6.45) is 0.156. The molecule has 3 atom stereocenters. The second kappa shape index (κ2) is 9.93. The molecular formula is C27H33N5O6. The molecule has 1 aromatic heterocycles. The zero-order valence-electron chi connectivity index (χ0n) is 22.2. The molecule has 2 bridgehead atoms. The Hall–Kier alpha value is -3.62. The number of aromatic nitrogens is 2. The number of imidazole rings is 1. The SMILES string of the molecule is Cn1c(=O)n(C2CCC(=O)NC2=O)c2cccc(C#CCN3CC4COCC(C3)N4C(=O)OC(C)(C)C)c21. The fourth-order valence-electron chi connectivity index (χ4n) is 5.51. The second-order valence-corrected chi connectivity index (χ2v) is 11.1. The summed E-state index contributed by atoms with van der Waals surface area (Å²) in [4.78, 5) is 54.0. The number of piperidine rings is 1. The number of para-hydroxylation sites is 1. The van der Waals surface area contributed by atoms with Gasteiger partial charge in [-0.25, -0.2) is 9.59 Å². The van der Waals surface area contributed by atoms with Gasteiger partial charge in [0.25, 0.3) is 0 Å². The van der Waals surface area contributed by atoms with E-state index in [0.717, 1.165) is 0 Å². The first-order chi connectivity index (χ1) is 18.0. The summed E-state index contributed by atoms with van der Waals surface area (Å²) in [5.41, 5.74) is 1.05. The number of hydrogen-bond acceptors (Lipinski definition) is 7. The standard InChI is InChI=1S/C27H33N5O6/c1-27(2,3)38-26(36)31-18-13-30(14-19(31)16-37-15-18)12-6-8-17-7-5-9-20-23(17)29(4)25(35)32(20)21-10-11-22(33)28-24(21)34/h5,7,9,18-19,21H,10-16H2,1-4H3,(H,28,33,34). The van der Waals surface area contributed by atoms with Crippen LogP contribution in [0.2, 0.25) is 0 Å². The zero-order valence-corrected chi connectivity index (χ0v) is 22.2. The molecule has 202 valence electrons. The van der Waals surface area contributed by atoms with Crippen molar-refractivity contribution in [2.24, 2.45) is 7.05 Å². The van der Waals surface area contributed by atoms with Crippen LogP contribution in [-0.2, 0) is 26.1 Å². The van der Waals surface area contributed by atoms with Crippen molar-refractivity contribution < 1.29 is 23.9 Å².